The Bertz CT molecular complexity index is 1240. The van der Waals surface area contributed by atoms with E-state index in [1.54, 1.807) is 40.1 Å². The van der Waals surface area contributed by atoms with Gasteiger partial charge in [0.25, 0.3) is 0 Å². The SMILES string of the molecule is CC(C)(C)CC(=O)N(Cc1ccco1)Cc1cnc(S(=O)(=O)Cc2ccccc2)n1CC1CCCO1. The predicted octanol–water partition coefficient (Wildman–Crippen LogP) is 4.59. The van der Waals surface area contributed by atoms with Crippen molar-refractivity contribution in [2.24, 2.45) is 5.41 Å². The van der Waals surface area contributed by atoms with Crippen LogP contribution in [0.15, 0.2) is 64.5 Å². The summed E-state index contributed by atoms with van der Waals surface area (Å²) in [7, 11) is -3.73. The van der Waals surface area contributed by atoms with Crippen LogP contribution in [-0.2, 0) is 44.8 Å². The highest BCUT2D eigenvalue weighted by Gasteiger charge is 2.29. The smallest absolute Gasteiger partial charge is 0.228 e. The van der Waals surface area contributed by atoms with Crippen molar-refractivity contribution in [3.05, 3.63) is 71.9 Å². The van der Waals surface area contributed by atoms with Crippen molar-refractivity contribution in [1.29, 1.82) is 0 Å². The van der Waals surface area contributed by atoms with E-state index in [0.717, 1.165) is 12.8 Å². The number of ether oxygens (including phenoxy) is 1. The van der Waals surface area contributed by atoms with E-state index in [4.69, 9.17) is 9.15 Å². The molecule has 3 heterocycles. The first-order valence-corrected chi connectivity index (χ1v) is 14.0. The number of hydrogen-bond acceptors (Lipinski definition) is 6. The zero-order valence-electron chi connectivity index (χ0n) is 21.2. The fourth-order valence-electron chi connectivity index (χ4n) is 4.40. The van der Waals surface area contributed by atoms with Gasteiger partial charge in [0, 0.05) is 13.0 Å². The van der Waals surface area contributed by atoms with Crippen LogP contribution in [0.2, 0.25) is 0 Å². The number of carbonyl (C=O) groups is 1. The van der Waals surface area contributed by atoms with Crippen molar-refractivity contribution < 1.29 is 22.4 Å². The number of rotatable bonds is 10. The number of nitrogens with zero attached hydrogens (tertiary/aromatic N) is 3. The van der Waals surface area contributed by atoms with Crippen LogP contribution in [-0.4, -0.2) is 41.5 Å². The molecule has 0 bridgehead atoms. The van der Waals surface area contributed by atoms with Gasteiger partial charge in [0.1, 0.15) is 5.76 Å². The Balaban J connectivity index is 1.66. The number of hydrogen-bond donors (Lipinski definition) is 0. The van der Waals surface area contributed by atoms with Crippen LogP contribution in [0.25, 0.3) is 0 Å². The Hall–Kier alpha value is -2.91. The molecule has 36 heavy (non-hydrogen) atoms. The molecular weight excluding hydrogens is 478 g/mol. The molecule has 1 amide bonds. The van der Waals surface area contributed by atoms with Gasteiger partial charge >= 0.3 is 0 Å². The normalized spacial score (nSPS) is 16.4. The summed E-state index contributed by atoms with van der Waals surface area (Å²) in [5.41, 5.74) is 1.16. The highest BCUT2D eigenvalue weighted by molar-refractivity contribution is 7.90. The van der Waals surface area contributed by atoms with Crippen molar-refractivity contribution >= 4 is 15.7 Å². The first-order valence-electron chi connectivity index (χ1n) is 12.3. The van der Waals surface area contributed by atoms with Crippen LogP contribution in [0.3, 0.4) is 0 Å². The molecule has 4 rings (SSSR count). The molecule has 9 heteroatoms. The van der Waals surface area contributed by atoms with Gasteiger partial charge in [-0.25, -0.2) is 13.4 Å². The zero-order valence-corrected chi connectivity index (χ0v) is 22.0. The third kappa shape index (κ3) is 6.85. The van der Waals surface area contributed by atoms with Crippen molar-refractivity contribution in [3.63, 3.8) is 0 Å². The molecule has 194 valence electrons. The fraction of sp³-hybridized carbons (Fsp3) is 0.481. The summed E-state index contributed by atoms with van der Waals surface area (Å²) in [6.07, 6.45) is 5.22. The molecule has 1 aliphatic heterocycles. The minimum atomic E-state index is -3.73. The van der Waals surface area contributed by atoms with Crippen LogP contribution in [0, 0.1) is 5.41 Å². The second-order valence-electron chi connectivity index (χ2n) is 10.6. The van der Waals surface area contributed by atoms with Crippen LogP contribution in [0.4, 0.5) is 0 Å². The molecule has 1 aliphatic rings. The average molecular weight is 514 g/mol. The number of benzene rings is 1. The van der Waals surface area contributed by atoms with E-state index < -0.39 is 9.84 Å². The van der Waals surface area contributed by atoms with E-state index in [0.29, 0.717) is 43.1 Å². The number of sulfone groups is 1. The van der Waals surface area contributed by atoms with E-state index in [-0.39, 0.29) is 34.9 Å². The third-order valence-electron chi connectivity index (χ3n) is 6.10. The van der Waals surface area contributed by atoms with Crippen molar-refractivity contribution in [1.82, 2.24) is 14.5 Å². The summed E-state index contributed by atoms with van der Waals surface area (Å²) in [6, 6.07) is 12.7. The van der Waals surface area contributed by atoms with Gasteiger partial charge in [-0.2, -0.15) is 0 Å². The Morgan fingerprint density at radius 2 is 1.92 bits per heavy atom. The number of aromatic nitrogens is 2. The van der Waals surface area contributed by atoms with Gasteiger partial charge in [-0.15, -0.1) is 0 Å². The molecule has 3 aromatic rings. The maximum absolute atomic E-state index is 13.5. The van der Waals surface area contributed by atoms with Gasteiger partial charge in [0.05, 0.1) is 49.6 Å². The number of amides is 1. The van der Waals surface area contributed by atoms with E-state index in [1.807, 2.05) is 45.0 Å². The molecule has 2 aromatic heterocycles. The maximum Gasteiger partial charge on any atom is 0.228 e. The molecule has 0 aliphatic carbocycles. The molecular formula is C27H35N3O5S. The molecule has 0 radical (unpaired) electrons. The number of carbonyl (C=O) groups excluding carboxylic acids is 1. The van der Waals surface area contributed by atoms with Crippen LogP contribution in [0.5, 0.6) is 0 Å². The van der Waals surface area contributed by atoms with Gasteiger partial charge in [0.15, 0.2) is 0 Å². The molecule has 1 aromatic carbocycles. The second kappa shape index (κ2) is 11.0. The summed E-state index contributed by atoms with van der Waals surface area (Å²) >= 11 is 0. The Kier molecular flexibility index (Phi) is 8.00. The fourth-order valence-corrected chi connectivity index (χ4v) is 5.90. The monoisotopic (exact) mass is 513 g/mol. The Morgan fingerprint density at radius 1 is 1.14 bits per heavy atom. The first kappa shape index (κ1) is 26.2. The molecule has 1 unspecified atom stereocenters. The van der Waals surface area contributed by atoms with Crippen LogP contribution in [0.1, 0.15) is 57.1 Å². The Morgan fingerprint density at radius 3 is 2.56 bits per heavy atom. The van der Waals surface area contributed by atoms with Crippen molar-refractivity contribution in [3.8, 4) is 0 Å². The number of imidazole rings is 1. The van der Waals surface area contributed by atoms with E-state index in [9.17, 15) is 13.2 Å². The lowest BCUT2D eigenvalue weighted by atomic mass is 9.91. The average Bonchev–Trinajstić information content (AvgIpc) is 3.56. The quantitative estimate of drug-likeness (QED) is 0.393. The molecule has 8 nitrogen and oxygen atoms in total. The Labute approximate surface area is 213 Å². The minimum absolute atomic E-state index is 0.0121. The van der Waals surface area contributed by atoms with E-state index in [2.05, 4.69) is 4.98 Å². The first-order chi connectivity index (χ1) is 17.1. The van der Waals surface area contributed by atoms with E-state index in [1.165, 1.54) is 0 Å². The molecule has 1 atom stereocenters. The summed E-state index contributed by atoms with van der Waals surface area (Å²) in [6.45, 7) is 7.61. The second-order valence-corrected chi connectivity index (χ2v) is 12.5. The summed E-state index contributed by atoms with van der Waals surface area (Å²) < 4.78 is 40.0. The lowest BCUT2D eigenvalue weighted by Crippen LogP contribution is -2.34. The zero-order chi connectivity index (χ0) is 25.8. The number of furan rings is 1. The van der Waals surface area contributed by atoms with E-state index >= 15 is 0 Å². The van der Waals surface area contributed by atoms with Crippen molar-refractivity contribution in [2.75, 3.05) is 6.61 Å². The minimum Gasteiger partial charge on any atom is -0.467 e. The largest absolute Gasteiger partial charge is 0.467 e. The molecule has 0 N–H and O–H groups in total. The standard InChI is InChI=1S/C27H35N3O5S/c1-27(2,3)15-25(31)29(18-23-11-7-13-34-23)17-22-16-28-26(30(22)19-24-12-8-14-35-24)36(32,33)20-21-9-5-4-6-10-21/h4-7,9-11,13,16,24H,8,12,14-15,17-20H2,1-3H3. The van der Waals surface area contributed by atoms with Crippen LogP contribution < -0.4 is 0 Å². The maximum atomic E-state index is 13.5. The van der Waals surface area contributed by atoms with Crippen LogP contribution >= 0.6 is 0 Å². The highest BCUT2D eigenvalue weighted by Crippen LogP contribution is 2.25. The highest BCUT2D eigenvalue weighted by atomic mass is 32.2. The lowest BCUT2D eigenvalue weighted by molar-refractivity contribution is -0.134. The molecule has 0 saturated carbocycles. The third-order valence-corrected chi connectivity index (χ3v) is 7.70. The lowest BCUT2D eigenvalue weighted by Gasteiger charge is -2.27. The van der Waals surface area contributed by atoms with Gasteiger partial charge in [-0.05, 0) is 36.0 Å². The van der Waals surface area contributed by atoms with Gasteiger partial charge in [-0.1, -0.05) is 51.1 Å². The molecule has 0 spiro atoms. The van der Waals surface area contributed by atoms with Crippen molar-refractivity contribution in [2.45, 2.75) is 76.7 Å². The predicted molar refractivity (Wildman–Crippen MR) is 136 cm³/mol. The molecule has 1 fully saturated rings. The van der Waals surface area contributed by atoms with Gasteiger partial charge in [-0.3, -0.25) is 4.79 Å². The summed E-state index contributed by atoms with van der Waals surface area (Å²) in [4.78, 5) is 19.4. The summed E-state index contributed by atoms with van der Waals surface area (Å²) in [5.74, 6) is 0.492. The van der Waals surface area contributed by atoms with Gasteiger partial charge < -0.3 is 18.6 Å². The summed E-state index contributed by atoms with van der Waals surface area (Å²) in [5, 5.41) is 0.0121. The molecule has 1 saturated heterocycles. The topological polar surface area (TPSA) is 94.6 Å². The van der Waals surface area contributed by atoms with Gasteiger partial charge in [0.2, 0.25) is 20.9 Å².